The van der Waals surface area contributed by atoms with Gasteiger partial charge < -0.3 is 10.1 Å². The summed E-state index contributed by atoms with van der Waals surface area (Å²) in [4.78, 5) is 25.1. The summed E-state index contributed by atoms with van der Waals surface area (Å²) in [6.07, 6.45) is 0. The van der Waals surface area contributed by atoms with E-state index in [1.165, 1.54) is 55.6 Å². The van der Waals surface area contributed by atoms with E-state index in [2.05, 4.69) is 10.1 Å². The molecule has 10 nitrogen and oxygen atoms in total. The van der Waals surface area contributed by atoms with E-state index in [1.54, 1.807) is 36.4 Å². The molecule has 1 heterocycles. The van der Waals surface area contributed by atoms with Gasteiger partial charge in [0.2, 0.25) is 26.0 Å². The molecule has 1 aliphatic heterocycles. The van der Waals surface area contributed by atoms with Crippen LogP contribution in [0.5, 0.6) is 0 Å². The van der Waals surface area contributed by atoms with Crippen molar-refractivity contribution in [2.45, 2.75) is 15.8 Å². The Labute approximate surface area is 215 Å². The van der Waals surface area contributed by atoms with Crippen molar-refractivity contribution in [3.63, 3.8) is 0 Å². The van der Waals surface area contributed by atoms with Crippen LogP contribution in [0.3, 0.4) is 0 Å². The largest absolute Gasteiger partial charge is 0.465 e. The van der Waals surface area contributed by atoms with Crippen molar-refractivity contribution < 1.29 is 31.2 Å². The predicted molar refractivity (Wildman–Crippen MR) is 136 cm³/mol. The first-order valence-corrected chi connectivity index (χ1v) is 14.1. The Balaban J connectivity index is 1.65. The van der Waals surface area contributed by atoms with Gasteiger partial charge in [-0.1, -0.05) is 36.4 Å². The molecule has 1 amide bonds. The molecule has 0 aromatic heterocycles. The van der Waals surface area contributed by atoms with E-state index >= 15 is 0 Å². The third kappa shape index (κ3) is 5.57. The molecule has 0 aliphatic carbocycles. The van der Waals surface area contributed by atoms with Crippen LogP contribution in [0.1, 0.15) is 10.4 Å². The minimum absolute atomic E-state index is 0.00500. The van der Waals surface area contributed by atoms with E-state index in [0.717, 1.165) is 8.61 Å². The second-order valence-electron chi connectivity index (χ2n) is 8.18. The van der Waals surface area contributed by atoms with E-state index in [4.69, 9.17) is 0 Å². The van der Waals surface area contributed by atoms with E-state index in [1.807, 2.05) is 0 Å². The zero-order chi connectivity index (χ0) is 26.6. The Morgan fingerprint density at radius 3 is 1.86 bits per heavy atom. The van der Waals surface area contributed by atoms with Crippen LogP contribution in [0.2, 0.25) is 0 Å². The molecule has 1 aliphatic rings. The smallest absolute Gasteiger partial charge is 0.337 e. The standard InChI is InChI=1S/C25H25N3O7S2/c1-35-25(30)19-12-14-20(15-13-19)26-24(29)23-18-27(36(31,32)21-8-4-2-5-9-21)16-17-28(23)37(33,34)22-10-6-3-7-11-22/h2-15,23H,16-18H2,1H3,(H,26,29)/t23-/m0/s1. The number of piperazine rings is 1. The molecule has 0 unspecified atom stereocenters. The van der Waals surface area contributed by atoms with Crippen molar-refractivity contribution in [2.24, 2.45) is 0 Å². The van der Waals surface area contributed by atoms with Gasteiger partial charge in [-0.25, -0.2) is 21.6 Å². The zero-order valence-corrected chi connectivity index (χ0v) is 21.5. The normalized spacial score (nSPS) is 17.2. The number of carbonyl (C=O) groups excluding carboxylic acids is 2. The number of nitrogens with one attached hydrogen (secondary N) is 1. The van der Waals surface area contributed by atoms with Crippen LogP contribution >= 0.6 is 0 Å². The van der Waals surface area contributed by atoms with Crippen LogP contribution in [-0.2, 0) is 29.6 Å². The highest BCUT2D eigenvalue weighted by Gasteiger charge is 2.43. The Morgan fingerprint density at radius 2 is 1.32 bits per heavy atom. The van der Waals surface area contributed by atoms with Crippen molar-refractivity contribution in [3.05, 3.63) is 90.5 Å². The minimum Gasteiger partial charge on any atom is -0.465 e. The van der Waals surface area contributed by atoms with Crippen LogP contribution in [0, 0.1) is 0 Å². The lowest BCUT2D eigenvalue weighted by molar-refractivity contribution is -0.120. The monoisotopic (exact) mass is 543 g/mol. The van der Waals surface area contributed by atoms with Gasteiger partial charge in [-0.15, -0.1) is 0 Å². The number of amides is 1. The number of rotatable bonds is 7. The van der Waals surface area contributed by atoms with Crippen LogP contribution in [0.4, 0.5) is 5.69 Å². The molecule has 0 spiro atoms. The number of hydrogen-bond donors (Lipinski definition) is 1. The van der Waals surface area contributed by atoms with Gasteiger partial charge in [0.15, 0.2) is 0 Å². The van der Waals surface area contributed by atoms with E-state index in [0.29, 0.717) is 5.69 Å². The zero-order valence-electron chi connectivity index (χ0n) is 19.9. The highest BCUT2D eigenvalue weighted by atomic mass is 32.2. The van der Waals surface area contributed by atoms with Crippen LogP contribution in [0.25, 0.3) is 0 Å². The average Bonchev–Trinajstić information content (AvgIpc) is 2.93. The quantitative estimate of drug-likeness (QED) is 0.452. The summed E-state index contributed by atoms with van der Waals surface area (Å²) in [5.74, 6) is -1.26. The Kier molecular flexibility index (Phi) is 7.73. The number of methoxy groups -OCH3 is 1. The fourth-order valence-corrected chi connectivity index (χ4v) is 7.01. The van der Waals surface area contributed by atoms with Gasteiger partial charge in [0.1, 0.15) is 6.04 Å². The molecule has 3 aromatic rings. The number of anilines is 1. The molecule has 37 heavy (non-hydrogen) atoms. The summed E-state index contributed by atoms with van der Waals surface area (Å²) in [7, 11) is -6.84. The van der Waals surface area contributed by atoms with Gasteiger partial charge in [-0.05, 0) is 48.5 Å². The molecule has 1 atom stereocenters. The van der Waals surface area contributed by atoms with Crippen LogP contribution in [0.15, 0.2) is 94.7 Å². The fourth-order valence-electron chi connectivity index (χ4n) is 3.96. The van der Waals surface area contributed by atoms with Gasteiger partial charge >= 0.3 is 5.97 Å². The van der Waals surface area contributed by atoms with Gasteiger partial charge in [-0.3, -0.25) is 4.79 Å². The van der Waals surface area contributed by atoms with Crippen molar-refractivity contribution in [2.75, 3.05) is 32.1 Å². The van der Waals surface area contributed by atoms with Gasteiger partial charge in [-0.2, -0.15) is 8.61 Å². The maximum atomic E-state index is 13.5. The van der Waals surface area contributed by atoms with E-state index < -0.39 is 38.0 Å². The van der Waals surface area contributed by atoms with E-state index in [-0.39, 0.29) is 35.0 Å². The number of benzene rings is 3. The number of sulfonamides is 2. The molecule has 194 valence electrons. The number of carbonyl (C=O) groups is 2. The fraction of sp³-hybridized carbons (Fsp3) is 0.200. The molecule has 0 saturated carbocycles. The molecule has 1 saturated heterocycles. The van der Waals surface area contributed by atoms with Crippen molar-refractivity contribution in [3.8, 4) is 0 Å². The van der Waals surface area contributed by atoms with Crippen molar-refractivity contribution in [1.29, 1.82) is 0 Å². The average molecular weight is 544 g/mol. The number of ether oxygens (including phenoxy) is 1. The summed E-state index contributed by atoms with van der Waals surface area (Å²) in [5.41, 5.74) is 0.573. The molecule has 0 radical (unpaired) electrons. The number of esters is 1. The Morgan fingerprint density at radius 1 is 0.784 bits per heavy atom. The summed E-state index contributed by atoms with van der Waals surface area (Å²) in [6.45, 7) is -0.723. The third-order valence-electron chi connectivity index (χ3n) is 5.90. The SMILES string of the molecule is COC(=O)c1ccc(NC(=O)[C@@H]2CN(S(=O)(=O)c3ccccc3)CCN2S(=O)(=O)c2ccccc2)cc1. The molecule has 1 N–H and O–H groups in total. The highest BCUT2D eigenvalue weighted by Crippen LogP contribution is 2.26. The van der Waals surface area contributed by atoms with Crippen molar-refractivity contribution in [1.82, 2.24) is 8.61 Å². The molecular weight excluding hydrogens is 518 g/mol. The molecular formula is C25H25N3O7S2. The summed E-state index contributed by atoms with van der Waals surface area (Å²) in [5, 5.41) is 2.64. The van der Waals surface area contributed by atoms with Crippen LogP contribution in [-0.4, -0.2) is 70.1 Å². The van der Waals surface area contributed by atoms with E-state index in [9.17, 15) is 26.4 Å². The topological polar surface area (TPSA) is 130 Å². The first kappa shape index (κ1) is 26.5. The van der Waals surface area contributed by atoms with Gasteiger partial charge in [0.05, 0.1) is 22.5 Å². The summed E-state index contributed by atoms with van der Waals surface area (Å²) >= 11 is 0. The third-order valence-corrected chi connectivity index (χ3v) is 9.70. The van der Waals surface area contributed by atoms with Crippen LogP contribution < -0.4 is 5.32 Å². The first-order chi connectivity index (χ1) is 17.6. The molecule has 1 fully saturated rings. The van der Waals surface area contributed by atoms with Crippen molar-refractivity contribution >= 4 is 37.6 Å². The Hall–Kier alpha value is -3.58. The lowest BCUT2D eigenvalue weighted by Crippen LogP contribution is -2.60. The summed E-state index contributed by atoms with van der Waals surface area (Å²) in [6, 6.07) is 19.9. The second kappa shape index (κ2) is 10.8. The minimum atomic E-state index is -4.11. The molecule has 4 rings (SSSR count). The maximum absolute atomic E-state index is 13.5. The maximum Gasteiger partial charge on any atom is 0.337 e. The predicted octanol–water partition coefficient (Wildman–Crippen LogP) is 2.18. The molecule has 12 heteroatoms. The lowest BCUT2D eigenvalue weighted by atomic mass is 10.2. The number of hydrogen-bond acceptors (Lipinski definition) is 7. The summed E-state index contributed by atoms with van der Waals surface area (Å²) < 4.78 is 60.2. The molecule has 3 aromatic carbocycles. The highest BCUT2D eigenvalue weighted by molar-refractivity contribution is 7.89. The first-order valence-electron chi connectivity index (χ1n) is 11.3. The second-order valence-corrected chi connectivity index (χ2v) is 12.0. The number of nitrogens with zero attached hydrogens (tertiary/aromatic N) is 2. The van der Waals surface area contributed by atoms with Gasteiger partial charge in [0.25, 0.3) is 0 Å². The molecule has 0 bridgehead atoms. The lowest BCUT2D eigenvalue weighted by Gasteiger charge is -2.38. The Bertz CT molecular complexity index is 1480. The van der Waals surface area contributed by atoms with Gasteiger partial charge in [0, 0.05) is 25.3 Å².